The van der Waals surface area contributed by atoms with Crippen LogP contribution in [0.25, 0.3) is 0 Å². The van der Waals surface area contributed by atoms with Crippen molar-refractivity contribution in [2.75, 3.05) is 31.6 Å². The molecule has 1 amide bonds. The summed E-state index contributed by atoms with van der Waals surface area (Å²) in [6.45, 7) is 2.99. The first-order valence-corrected chi connectivity index (χ1v) is 11.6. The molecule has 1 N–H and O–H groups in total. The Morgan fingerprint density at radius 3 is 2.47 bits per heavy atom. The lowest BCUT2D eigenvalue weighted by Gasteiger charge is -2.26. The number of nitrogens with zero attached hydrogens (tertiary/aromatic N) is 1. The Morgan fingerprint density at radius 2 is 1.80 bits per heavy atom. The lowest BCUT2D eigenvalue weighted by Crippen LogP contribution is -2.41. The van der Waals surface area contributed by atoms with Crippen LogP contribution >= 0.6 is 0 Å². The molecule has 1 aliphatic heterocycles. The highest BCUT2D eigenvalue weighted by molar-refractivity contribution is 7.89. The molecule has 1 fully saturated rings. The van der Waals surface area contributed by atoms with Gasteiger partial charge in [0.2, 0.25) is 10.0 Å². The number of unbranched alkanes of at least 4 members (excludes halogenated alkanes) is 2. The van der Waals surface area contributed by atoms with Gasteiger partial charge in [-0.15, -0.1) is 0 Å². The van der Waals surface area contributed by atoms with Crippen molar-refractivity contribution in [3.63, 3.8) is 0 Å². The molecule has 0 radical (unpaired) electrons. The second-order valence-corrected chi connectivity index (χ2v) is 9.18. The average molecular weight is 435 g/mol. The molecule has 1 saturated heterocycles. The Hall–Kier alpha value is -2.29. The normalized spacial score (nSPS) is 15.1. The van der Waals surface area contributed by atoms with Crippen molar-refractivity contribution in [2.45, 2.75) is 37.5 Å². The Balaban J connectivity index is 1.73. The lowest BCUT2D eigenvalue weighted by molar-refractivity contribution is 0.0729. The maximum Gasteiger partial charge on any atom is 0.255 e. The van der Waals surface area contributed by atoms with Crippen LogP contribution in [-0.2, 0) is 21.2 Å². The van der Waals surface area contributed by atoms with E-state index in [4.69, 9.17) is 4.74 Å². The molecule has 0 aliphatic carbocycles. The molecule has 0 bridgehead atoms. The van der Waals surface area contributed by atoms with Crippen molar-refractivity contribution >= 4 is 21.6 Å². The maximum absolute atomic E-state index is 14.3. The zero-order valence-corrected chi connectivity index (χ0v) is 17.9. The monoisotopic (exact) mass is 434 g/mol. The first-order valence-electron chi connectivity index (χ1n) is 10.2. The molecule has 30 heavy (non-hydrogen) atoms. The van der Waals surface area contributed by atoms with Gasteiger partial charge in [0.25, 0.3) is 5.91 Å². The van der Waals surface area contributed by atoms with Crippen LogP contribution in [0.15, 0.2) is 47.4 Å². The predicted molar refractivity (Wildman–Crippen MR) is 114 cm³/mol. The van der Waals surface area contributed by atoms with E-state index >= 15 is 0 Å². The van der Waals surface area contributed by atoms with Gasteiger partial charge in [0.1, 0.15) is 10.7 Å². The summed E-state index contributed by atoms with van der Waals surface area (Å²) >= 11 is 0. The summed E-state index contributed by atoms with van der Waals surface area (Å²) in [6.07, 6.45) is 4.45. The van der Waals surface area contributed by atoms with Gasteiger partial charge in [-0.1, -0.05) is 31.9 Å². The number of anilines is 1. The molecule has 1 heterocycles. The van der Waals surface area contributed by atoms with E-state index in [0.29, 0.717) is 5.69 Å². The smallest absolute Gasteiger partial charge is 0.255 e. The van der Waals surface area contributed by atoms with Crippen LogP contribution in [0.4, 0.5) is 10.1 Å². The second kappa shape index (κ2) is 10.1. The molecule has 0 aromatic heterocycles. The van der Waals surface area contributed by atoms with E-state index in [2.05, 4.69) is 12.2 Å². The van der Waals surface area contributed by atoms with Crippen molar-refractivity contribution in [3.8, 4) is 0 Å². The van der Waals surface area contributed by atoms with Crippen molar-refractivity contribution in [1.29, 1.82) is 0 Å². The van der Waals surface area contributed by atoms with E-state index in [0.717, 1.165) is 31.4 Å². The first-order chi connectivity index (χ1) is 14.4. The van der Waals surface area contributed by atoms with Crippen LogP contribution < -0.4 is 5.32 Å². The van der Waals surface area contributed by atoms with Crippen molar-refractivity contribution in [3.05, 3.63) is 59.4 Å². The third-order valence-corrected chi connectivity index (χ3v) is 6.98. The van der Waals surface area contributed by atoms with Crippen LogP contribution in [0.1, 0.15) is 42.1 Å². The molecule has 0 spiro atoms. The van der Waals surface area contributed by atoms with Crippen molar-refractivity contribution in [2.24, 2.45) is 0 Å². The van der Waals surface area contributed by atoms with Gasteiger partial charge < -0.3 is 10.1 Å². The number of carbonyl (C=O) groups is 1. The van der Waals surface area contributed by atoms with Gasteiger partial charge in [-0.05, 0) is 48.7 Å². The number of halogens is 1. The van der Waals surface area contributed by atoms with Gasteiger partial charge in [-0.25, -0.2) is 12.8 Å². The number of ether oxygens (including phenoxy) is 1. The highest BCUT2D eigenvalue weighted by Gasteiger charge is 2.29. The molecule has 0 atom stereocenters. The van der Waals surface area contributed by atoms with Gasteiger partial charge >= 0.3 is 0 Å². The van der Waals surface area contributed by atoms with Crippen molar-refractivity contribution in [1.82, 2.24) is 4.31 Å². The van der Waals surface area contributed by atoms with Gasteiger partial charge in [0, 0.05) is 24.3 Å². The molecular weight excluding hydrogens is 407 g/mol. The number of rotatable bonds is 8. The fraction of sp³-hybridized carbons (Fsp3) is 0.409. The number of morpholine rings is 1. The number of benzene rings is 2. The number of amides is 1. The molecular formula is C22H27FN2O4S. The van der Waals surface area contributed by atoms with Crippen molar-refractivity contribution < 1.29 is 22.3 Å². The van der Waals surface area contributed by atoms with Crippen LogP contribution in [0.5, 0.6) is 0 Å². The van der Waals surface area contributed by atoms with Gasteiger partial charge in [-0.2, -0.15) is 4.31 Å². The summed E-state index contributed by atoms with van der Waals surface area (Å²) in [5.74, 6) is -1.37. The van der Waals surface area contributed by atoms with E-state index < -0.39 is 26.6 Å². The first kappa shape index (κ1) is 22.4. The second-order valence-electron chi connectivity index (χ2n) is 7.27. The molecule has 1 aliphatic rings. The summed E-state index contributed by atoms with van der Waals surface area (Å²) in [4.78, 5) is 12.1. The molecule has 2 aromatic rings. The minimum atomic E-state index is -4.04. The van der Waals surface area contributed by atoms with Gasteiger partial charge in [0.15, 0.2) is 0 Å². The minimum absolute atomic E-state index is 0.0789. The maximum atomic E-state index is 14.3. The molecule has 0 unspecified atom stereocenters. The Bertz CT molecular complexity index is 971. The summed E-state index contributed by atoms with van der Waals surface area (Å²) in [6, 6.07) is 10.9. The van der Waals surface area contributed by atoms with Gasteiger partial charge in [-0.3, -0.25) is 4.79 Å². The van der Waals surface area contributed by atoms with Crippen LogP contribution in [0.2, 0.25) is 0 Å². The standard InChI is InChI=1S/C22H27FN2O4S/c1-2-3-4-5-17-6-9-19(10-7-17)24-22(26)18-8-11-20(23)21(16-18)30(27,28)25-12-14-29-15-13-25/h6-11,16H,2-5,12-15H2,1H3,(H,24,26). The quantitative estimate of drug-likeness (QED) is 0.641. The number of carbonyl (C=O) groups excluding carboxylic acids is 1. The third-order valence-electron chi connectivity index (χ3n) is 5.06. The molecule has 6 nitrogen and oxygen atoms in total. The molecule has 8 heteroatoms. The summed E-state index contributed by atoms with van der Waals surface area (Å²) < 4.78 is 46.2. The summed E-state index contributed by atoms with van der Waals surface area (Å²) in [7, 11) is -4.04. The van der Waals surface area contributed by atoms with E-state index in [1.807, 2.05) is 24.3 Å². The third kappa shape index (κ3) is 5.44. The fourth-order valence-electron chi connectivity index (χ4n) is 3.31. The number of hydrogen-bond acceptors (Lipinski definition) is 4. The van der Waals surface area contributed by atoms with Gasteiger partial charge in [0.05, 0.1) is 13.2 Å². The molecule has 3 rings (SSSR count). The Labute approximate surface area is 177 Å². The van der Waals surface area contributed by atoms with E-state index in [1.54, 1.807) is 0 Å². The Morgan fingerprint density at radius 1 is 1.10 bits per heavy atom. The number of aryl methyl sites for hydroxylation is 1. The lowest BCUT2D eigenvalue weighted by atomic mass is 10.1. The summed E-state index contributed by atoms with van der Waals surface area (Å²) in [5, 5.41) is 2.74. The Kier molecular flexibility index (Phi) is 7.58. The zero-order valence-electron chi connectivity index (χ0n) is 17.1. The number of sulfonamides is 1. The fourth-order valence-corrected chi connectivity index (χ4v) is 4.80. The highest BCUT2D eigenvalue weighted by atomic mass is 32.2. The van der Waals surface area contributed by atoms with E-state index in [1.165, 1.54) is 22.4 Å². The van der Waals surface area contributed by atoms with Crippen LogP contribution in [0, 0.1) is 5.82 Å². The largest absolute Gasteiger partial charge is 0.379 e. The minimum Gasteiger partial charge on any atom is -0.379 e. The molecule has 0 saturated carbocycles. The van der Waals surface area contributed by atoms with E-state index in [9.17, 15) is 17.6 Å². The highest BCUT2D eigenvalue weighted by Crippen LogP contribution is 2.22. The van der Waals surface area contributed by atoms with E-state index in [-0.39, 0.29) is 31.9 Å². The average Bonchev–Trinajstić information content (AvgIpc) is 2.76. The van der Waals surface area contributed by atoms with Crippen LogP contribution in [-0.4, -0.2) is 44.9 Å². The molecule has 2 aromatic carbocycles. The topological polar surface area (TPSA) is 75.7 Å². The number of nitrogens with one attached hydrogen (secondary N) is 1. The SMILES string of the molecule is CCCCCc1ccc(NC(=O)c2ccc(F)c(S(=O)(=O)N3CCOCC3)c2)cc1. The predicted octanol–water partition coefficient (Wildman–Crippen LogP) is 3.83. The number of hydrogen-bond donors (Lipinski definition) is 1. The van der Waals surface area contributed by atoms with Crippen LogP contribution in [0.3, 0.4) is 0 Å². The summed E-state index contributed by atoms with van der Waals surface area (Å²) in [5.41, 5.74) is 1.87. The zero-order chi connectivity index (χ0) is 21.6. The molecule has 162 valence electrons.